The second-order valence-corrected chi connectivity index (χ2v) is 9.98. The number of rotatable bonds is 8. The number of ether oxygens (including phenoxy) is 2. The van der Waals surface area contributed by atoms with Gasteiger partial charge in [-0.05, 0) is 83.8 Å². The molecule has 0 amide bonds. The summed E-state index contributed by atoms with van der Waals surface area (Å²) in [6.45, 7) is 13.3. The Morgan fingerprint density at radius 2 is 1.42 bits per heavy atom. The van der Waals surface area contributed by atoms with Gasteiger partial charge in [0.2, 0.25) is 5.28 Å². The molecule has 0 atom stereocenters. The minimum Gasteiger partial charge on any atom is -0.502 e. The molecule has 36 heavy (non-hydrogen) atoms. The fourth-order valence-electron chi connectivity index (χ4n) is 2.37. The number of hydrogen-bond acceptors (Lipinski definition) is 10. The topological polar surface area (TPSA) is 88.5 Å². The van der Waals surface area contributed by atoms with E-state index in [1.54, 1.807) is 60.5 Å². The molecule has 0 saturated carbocycles. The van der Waals surface area contributed by atoms with Crippen LogP contribution in [0.1, 0.15) is 47.4 Å². The lowest BCUT2D eigenvalue weighted by Crippen LogP contribution is -2.41. The van der Waals surface area contributed by atoms with Crippen molar-refractivity contribution in [3.8, 4) is 0 Å². The Morgan fingerprint density at radius 3 is 1.92 bits per heavy atom. The Bertz CT molecular complexity index is 951. The van der Waals surface area contributed by atoms with Crippen molar-refractivity contribution in [1.82, 2.24) is 19.9 Å². The monoisotopic (exact) mass is 554 g/mol. The van der Waals surface area contributed by atoms with Gasteiger partial charge >= 0.3 is 7.12 Å². The highest BCUT2D eigenvalue weighted by molar-refractivity contribution is 7.98. The quantitative estimate of drug-likeness (QED) is 0.123. The molecule has 0 radical (unpaired) electrons. The first-order valence-corrected chi connectivity index (χ1v) is 14.2. The molecule has 2 aromatic rings. The van der Waals surface area contributed by atoms with Gasteiger partial charge in [0.25, 0.3) is 0 Å². The zero-order valence-corrected chi connectivity index (χ0v) is 24.6. The second-order valence-electron chi connectivity index (χ2n) is 7.99. The summed E-state index contributed by atoms with van der Waals surface area (Å²) in [6.07, 6.45) is 12.3. The average molecular weight is 555 g/mol. The van der Waals surface area contributed by atoms with Crippen molar-refractivity contribution < 1.29 is 18.8 Å². The van der Waals surface area contributed by atoms with Crippen molar-refractivity contribution in [2.45, 2.75) is 62.8 Å². The van der Waals surface area contributed by atoms with Crippen LogP contribution in [0.5, 0.6) is 0 Å². The number of thioether (sulfide) groups is 2. The predicted octanol–water partition coefficient (Wildman–Crippen LogP) is 6.23. The average Bonchev–Trinajstić information content (AvgIpc) is 3.06. The van der Waals surface area contributed by atoms with Crippen LogP contribution in [0, 0.1) is 0 Å². The Labute approximate surface area is 229 Å². The number of nitrogens with zero attached hydrogens (tertiary/aromatic N) is 4. The van der Waals surface area contributed by atoms with Gasteiger partial charge in [-0.3, -0.25) is 0 Å². The molecule has 1 fully saturated rings. The smallest absolute Gasteiger partial charge is 0.490 e. The minimum absolute atomic E-state index is 0.270. The lowest BCUT2D eigenvalue weighted by Gasteiger charge is -2.32. The fourth-order valence-corrected chi connectivity index (χ4v) is 3.33. The molecule has 0 N–H and O–H groups in total. The summed E-state index contributed by atoms with van der Waals surface area (Å²) in [4.78, 5) is 16.0. The summed E-state index contributed by atoms with van der Waals surface area (Å²) in [5.74, 6) is 2.47. The summed E-state index contributed by atoms with van der Waals surface area (Å²) in [7, 11) is -0.299. The zero-order chi connectivity index (χ0) is 27.0. The van der Waals surface area contributed by atoms with E-state index in [1.165, 1.54) is 0 Å². The molecule has 1 saturated heterocycles. The van der Waals surface area contributed by atoms with E-state index < -0.39 is 0 Å². The van der Waals surface area contributed by atoms with Crippen LogP contribution in [0.2, 0.25) is 5.28 Å². The molecule has 2 aromatic heterocycles. The lowest BCUT2D eigenvalue weighted by atomic mass is 9.90. The molecule has 198 valence electrons. The normalized spacial score (nSPS) is 15.8. The molecule has 1 aliphatic heterocycles. The summed E-state index contributed by atoms with van der Waals surface area (Å²) in [6, 6.07) is 3.69. The molecule has 0 spiro atoms. The van der Waals surface area contributed by atoms with E-state index >= 15 is 0 Å². The SMILES string of the molecule is CCO/C=C/B1OC(C)(C)C(C)(C)O1.CCO/C=C/c1nccc(SC)n1.CSc1ccnc(Cl)n1. The van der Waals surface area contributed by atoms with E-state index in [1.807, 2.05) is 66.2 Å². The van der Waals surface area contributed by atoms with Crippen LogP contribution in [0.25, 0.3) is 6.08 Å². The Kier molecular flexibility index (Phi) is 15.1. The number of halogens is 1. The Hall–Kier alpha value is -1.79. The van der Waals surface area contributed by atoms with Crippen LogP contribution in [0.4, 0.5) is 0 Å². The maximum atomic E-state index is 5.72. The van der Waals surface area contributed by atoms with Gasteiger partial charge in [0.05, 0.1) is 42.0 Å². The largest absolute Gasteiger partial charge is 0.502 e. The van der Waals surface area contributed by atoms with Gasteiger partial charge in [-0.15, -0.1) is 23.5 Å². The van der Waals surface area contributed by atoms with Crippen molar-refractivity contribution >= 4 is 48.3 Å². The number of hydrogen-bond donors (Lipinski definition) is 0. The van der Waals surface area contributed by atoms with E-state index in [0.717, 1.165) is 10.1 Å². The third-order valence-electron chi connectivity index (χ3n) is 4.92. The number of aromatic nitrogens is 4. The van der Waals surface area contributed by atoms with E-state index in [-0.39, 0.29) is 18.3 Å². The van der Waals surface area contributed by atoms with Gasteiger partial charge in [-0.25, -0.2) is 19.9 Å². The molecular formula is C24H36BClN4O4S2. The standard InChI is InChI=1S/C10H19BO3.C9H12N2OS.C5H5ClN2S/c1-6-12-8-7-11-13-9(2,3)10(4,5)14-11;1-3-12-7-5-8-10-6-4-9(11-8)13-2;1-9-4-2-3-7-5(6)8-4/h7-8H,6H2,1-5H3;4-7H,3H2,1-2H3;2-3H,1H3/b8-7+;7-5+;. The van der Waals surface area contributed by atoms with Gasteiger partial charge in [0, 0.05) is 18.5 Å². The van der Waals surface area contributed by atoms with Crippen molar-refractivity contribution in [3.63, 3.8) is 0 Å². The van der Waals surface area contributed by atoms with Crippen LogP contribution in [0.3, 0.4) is 0 Å². The highest BCUT2D eigenvalue weighted by atomic mass is 35.5. The maximum absolute atomic E-state index is 5.72. The minimum atomic E-state index is -0.299. The first-order valence-electron chi connectivity index (χ1n) is 11.4. The van der Waals surface area contributed by atoms with Crippen molar-refractivity contribution in [2.24, 2.45) is 0 Å². The highest BCUT2D eigenvalue weighted by Crippen LogP contribution is 2.36. The molecule has 3 heterocycles. The second kappa shape index (κ2) is 16.9. The van der Waals surface area contributed by atoms with Crippen LogP contribution in [-0.2, 0) is 18.8 Å². The highest BCUT2D eigenvalue weighted by Gasteiger charge is 2.50. The van der Waals surface area contributed by atoms with Crippen molar-refractivity contribution in [2.75, 3.05) is 25.7 Å². The molecular weight excluding hydrogens is 519 g/mol. The molecule has 12 heteroatoms. The zero-order valence-electron chi connectivity index (χ0n) is 22.2. The van der Waals surface area contributed by atoms with Crippen LogP contribution in [-0.4, -0.2) is 64.0 Å². The van der Waals surface area contributed by atoms with Gasteiger partial charge in [0.15, 0.2) is 5.82 Å². The van der Waals surface area contributed by atoms with Crippen molar-refractivity contribution in [1.29, 1.82) is 0 Å². The van der Waals surface area contributed by atoms with Crippen LogP contribution in [0.15, 0.2) is 53.1 Å². The van der Waals surface area contributed by atoms with E-state index in [4.69, 9.17) is 30.4 Å². The lowest BCUT2D eigenvalue weighted by molar-refractivity contribution is 0.00578. The molecule has 8 nitrogen and oxygen atoms in total. The van der Waals surface area contributed by atoms with E-state index in [9.17, 15) is 0 Å². The summed E-state index contributed by atoms with van der Waals surface area (Å²) in [5.41, 5.74) is -0.539. The van der Waals surface area contributed by atoms with E-state index in [0.29, 0.717) is 24.3 Å². The molecule has 0 bridgehead atoms. The van der Waals surface area contributed by atoms with Gasteiger partial charge in [-0.2, -0.15) is 0 Å². The summed E-state index contributed by atoms with van der Waals surface area (Å²) >= 11 is 8.63. The predicted molar refractivity (Wildman–Crippen MR) is 150 cm³/mol. The molecule has 0 aliphatic carbocycles. The first-order chi connectivity index (χ1) is 17.1. The molecule has 0 unspecified atom stereocenters. The van der Waals surface area contributed by atoms with Gasteiger partial charge in [-0.1, -0.05) is 0 Å². The Morgan fingerprint density at radius 1 is 0.889 bits per heavy atom. The summed E-state index contributed by atoms with van der Waals surface area (Å²) < 4.78 is 21.6. The summed E-state index contributed by atoms with van der Waals surface area (Å²) in [5, 5.41) is 2.17. The third-order valence-corrected chi connectivity index (χ3v) is 6.39. The maximum Gasteiger partial charge on any atom is 0.490 e. The fraction of sp³-hybridized carbons (Fsp3) is 0.500. The Balaban J connectivity index is 0.000000276. The molecule has 3 rings (SSSR count). The molecule has 1 aliphatic rings. The van der Waals surface area contributed by atoms with Gasteiger partial charge < -0.3 is 18.8 Å². The van der Waals surface area contributed by atoms with Gasteiger partial charge in [0.1, 0.15) is 5.03 Å². The molecule has 0 aromatic carbocycles. The van der Waals surface area contributed by atoms with Crippen LogP contribution >= 0.6 is 35.1 Å². The third kappa shape index (κ3) is 12.0. The van der Waals surface area contributed by atoms with E-state index in [2.05, 4.69) is 19.9 Å². The first kappa shape index (κ1) is 32.2. The van der Waals surface area contributed by atoms with Crippen molar-refractivity contribution in [3.05, 3.63) is 54.1 Å². The van der Waals surface area contributed by atoms with Crippen LogP contribution < -0.4 is 0 Å².